The van der Waals surface area contributed by atoms with Gasteiger partial charge in [0.25, 0.3) is 0 Å². The molecule has 8 aliphatic carbocycles. The van der Waals surface area contributed by atoms with Crippen molar-refractivity contribution in [2.24, 2.45) is 65.1 Å². The van der Waals surface area contributed by atoms with Gasteiger partial charge in [0.05, 0.1) is 0 Å². The van der Waals surface area contributed by atoms with Crippen molar-refractivity contribution in [3.8, 4) is 0 Å². The third-order valence-electron chi connectivity index (χ3n) is 9.47. The maximum atomic E-state index is 12.8. The minimum Gasteiger partial charge on any atom is -0.452 e. The molecular weight excluding hydrogens is 293 g/mol. The van der Waals surface area contributed by atoms with Crippen molar-refractivity contribution in [3.05, 3.63) is 0 Å². The van der Waals surface area contributed by atoms with Gasteiger partial charge >= 0.3 is 12.1 Å². The summed E-state index contributed by atoms with van der Waals surface area (Å²) in [6.45, 7) is 0. The van der Waals surface area contributed by atoms with Crippen molar-refractivity contribution < 1.29 is 22.7 Å². The highest BCUT2D eigenvalue weighted by atomic mass is 19.4. The van der Waals surface area contributed by atoms with Crippen LogP contribution in [0.25, 0.3) is 0 Å². The zero-order valence-corrected chi connectivity index (χ0v) is 11.9. The second-order valence-corrected chi connectivity index (χ2v) is 9.19. The van der Waals surface area contributed by atoms with Crippen LogP contribution < -0.4 is 0 Å². The van der Waals surface area contributed by atoms with Gasteiger partial charge in [-0.15, -0.1) is 0 Å². The number of carbonyl (C=O) groups excluding carboxylic acids is 1. The van der Waals surface area contributed by atoms with Gasteiger partial charge in [0, 0.05) is 11.8 Å². The van der Waals surface area contributed by atoms with E-state index in [0.717, 1.165) is 42.4 Å². The number of rotatable bonds is 1. The van der Waals surface area contributed by atoms with E-state index in [1.165, 1.54) is 6.42 Å². The van der Waals surface area contributed by atoms with Crippen LogP contribution in [0.3, 0.4) is 0 Å². The summed E-state index contributed by atoms with van der Waals surface area (Å²) < 4.78 is 43.9. The summed E-state index contributed by atoms with van der Waals surface area (Å²) in [5.74, 6) is 4.85. The highest BCUT2D eigenvalue weighted by molar-refractivity contribution is 5.76. The van der Waals surface area contributed by atoms with Crippen LogP contribution in [-0.4, -0.2) is 17.7 Å². The number of esters is 1. The number of hydrogen-bond acceptors (Lipinski definition) is 2. The molecular formula is C17H17F3O2. The van der Waals surface area contributed by atoms with Crippen LogP contribution in [0.4, 0.5) is 13.2 Å². The molecule has 0 aromatic rings. The third-order valence-corrected chi connectivity index (χ3v) is 9.47. The molecule has 0 aromatic heterocycles. The largest absolute Gasteiger partial charge is 0.490 e. The molecule has 8 rings (SSSR count). The Labute approximate surface area is 125 Å². The van der Waals surface area contributed by atoms with Crippen molar-refractivity contribution in [3.63, 3.8) is 0 Å². The number of alkyl halides is 3. The fraction of sp³-hybridized carbons (Fsp3) is 0.941. The molecule has 0 radical (unpaired) electrons. The molecule has 0 heterocycles. The number of ether oxygens (including phenoxy) is 1. The Morgan fingerprint density at radius 1 is 0.909 bits per heavy atom. The fourth-order valence-corrected chi connectivity index (χ4v) is 10.0. The molecule has 0 aliphatic heterocycles. The van der Waals surface area contributed by atoms with Gasteiger partial charge in [0.1, 0.15) is 5.60 Å². The Kier molecular flexibility index (Phi) is 1.53. The van der Waals surface area contributed by atoms with Crippen LogP contribution in [0, 0.1) is 65.1 Å². The Morgan fingerprint density at radius 2 is 1.68 bits per heavy atom. The molecule has 5 heteroatoms. The number of carbonyl (C=O) groups is 1. The lowest BCUT2D eigenvalue weighted by Crippen LogP contribution is -2.58. The number of hydrogen-bond donors (Lipinski definition) is 0. The molecule has 0 amide bonds. The minimum absolute atomic E-state index is 0.247. The predicted octanol–water partition coefficient (Wildman–Crippen LogP) is 2.87. The Balaban J connectivity index is 1.41. The summed E-state index contributed by atoms with van der Waals surface area (Å²) in [4.78, 5) is 11.7. The lowest BCUT2D eigenvalue weighted by molar-refractivity contribution is -0.239. The molecule has 118 valence electrons. The smallest absolute Gasteiger partial charge is 0.452 e. The molecule has 0 N–H and O–H groups in total. The van der Waals surface area contributed by atoms with Crippen LogP contribution in [0.15, 0.2) is 0 Å². The van der Waals surface area contributed by atoms with Crippen molar-refractivity contribution in [2.75, 3.05) is 0 Å². The summed E-state index contributed by atoms with van der Waals surface area (Å²) in [5, 5.41) is 0. The number of halogens is 3. The Morgan fingerprint density at radius 3 is 2.45 bits per heavy atom. The molecule has 0 unspecified atom stereocenters. The molecule has 8 saturated carbocycles. The maximum Gasteiger partial charge on any atom is 0.490 e. The molecule has 0 saturated heterocycles. The van der Waals surface area contributed by atoms with Crippen molar-refractivity contribution in [1.29, 1.82) is 0 Å². The van der Waals surface area contributed by atoms with E-state index in [1.54, 1.807) is 0 Å². The van der Waals surface area contributed by atoms with Crippen molar-refractivity contribution in [1.82, 2.24) is 0 Å². The van der Waals surface area contributed by atoms with E-state index in [4.69, 9.17) is 4.74 Å². The molecule has 2 nitrogen and oxygen atoms in total. The Hall–Kier alpha value is -0.740. The highest BCUT2D eigenvalue weighted by Gasteiger charge is 2.89. The average Bonchev–Trinajstić information content (AvgIpc) is 3.16. The molecule has 8 fully saturated rings. The van der Waals surface area contributed by atoms with Gasteiger partial charge in [0.15, 0.2) is 0 Å². The molecule has 12 atom stereocenters. The SMILES string of the molecule is O=C(O[C@@]12C[C@H]3[C@H]4C[C@@H]1[C@@H]1[C@H]4[C@H]4[C@@H]5C[C@H]([C@@H]34)[C@H]2[C@@H]51)C(F)(F)F. The standard InChI is InChI=1S/C17H17F3O2/c18-17(19,20)15(21)22-16-3-7-4-2-8(16)13-10(4)11-5-1-6(9(7)11)14(16)12(5)13/h4-14H,1-3H2/t4-,5+,6-,7+,8-,9+,10-,11+,12+,13-,14+,16+/m1/s1. The average molecular weight is 310 g/mol. The van der Waals surface area contributed by atoms with Gasteiger partial charge in [-0.25, -0.2) is 4.79 Å². The van der Waals surface area contributed by atoms with Gasteiger partial charge in [-0.1, -0.05) is 0 Å². The van der Waals surface area contributed by atoms with Gasteiger partial charge in [0.2, 0.25) is 0 Å². The molecule has 8 aliphatic rings. The van der Waals surface area contributed by atoms with Crippen molar-refractivity contribution >= 4 is 5.97 Å². The van der Waals surface area contributed by atoms with E-state index in [9.17, 15) is 18.0 Å². The van der Waals surface area contributed by atoms with Crippen LogP contribution in [-0.2, 0) is 9.53 Å². The third kappa shape index (κ3) is 0.843. The highest BCUT2D eigenvalue weighted by Crippen LogP contribution is 2.90. The summed E-state index contributed by atoms with van der Waals surface area (Å²) in [6.07, 6.45) is -1.83. The molecule has 0 spiro atoms. The predicted molar refractivity (Wildman–Crippen MR) is 67.1 cm³/mol. The normalized spacial score (nSPS) is 69.9. The molecule has 0 aromatic carbocycles. The quantitative estimate of drug-likeness (QED) is 0.696. The van der Waals surface area contributed by atoms with Crippen LogP contribution in [0.5, 0.6) is 0 Å². The second kappa shape index (κ2) is 2.86. The second-order valence-electron chi connectivity index (χ2n) is 9.19. The zero-order valence-electron chi connectivity index (χ0n) is 11.9. The topological polar surface area (TPSA) is 26.3 Å². The zero-order chi connectivity index (χ0) is 14.8. The summed E-state index contributed by atoms with van der Waals surface area (Å²) in [5.41, 5.74) is -0.737. The minimum atomic E-state index is -4.85. The van der Waals surface area contributed by atoms with E-state index in [-0.39, 0.29) is 11.8 Å². The van der Waals surface area contributed by atoms with E-state index in [0.29, 0.717) is 23.7 Å². The van der Waals surface area contributed by atoms with Gasteiger partial charge in [-0.05, 0) is 72.5 Å². The van der Waals surface area contributed by atoms with Crippen LogP contribution >= 0.6 is 0 Å². The van der Waals surface area contributed by atoms with E-state index in [1.807, 2.05) is 0 Å². The van der Waals surface area contributed by atoms with Gasteiger partial charge in [-0.2, -0.15) is 13.2 Å². The monoisotopic (exact) mass is 310 g/mol. The van der Waals surface area contributed by atoms with Gasteiger partial charge in [-0.3, -0.25) is 0 Å². The van der Waals surface area contributed by atoms with E-state index in [2.05, 4.69) is 0 Å². The lowest BCUT2D eigenvalue weighted by Gasteiger charge is -2.55. The summed E-state index contributed by atoms with van der Waals surface area (Å²) in [7, 11) is 0. The summed E-state index contributed by atoms with van der Waals surface area (Å²) >= 11 is 0. The first-order valence-corrected chi connectivity index (χ1v) is 8.73. The molecule has 22 heavy (non-hydrogen) atoms. The summed E-state index contributed by atoms with van der Waals surface area (Å²) in [6, 6.07) is 0. The molecule has 6 bridgehead atoms. The van der Waals surface area contributed by atoms with Crippen LogP contribution in [0.1, 0.15) is 19.3 Å². The lowest BCUT2D eigenvalue weighted by atomic mass is 9.54. The first-order valence-electron chi connectivity index (χ1n) is 8.73. The maximum absolute atomic E-state index is 12.8. The van der Waals surface area contributed by atoms with E-state index >= 15 is 0 Å². The fourth-order valence-electron chi connectivity index (χ4n) is 10.0. The Bertz CT molecular complexity index is 642. The van der Waals surface area contributed by atoms with E-state index < -0.39 is 17.7 Å². The first kappa shape index (κ1) is 11.7. The van der Waals surface area contributed by atoms with Crippen molar-refractivity contribution in [2.45, 2.75) is 31.0 Å². The van der Waals surface area contributed by atoms with Gasteiger partial charge < -0.3 is 4.74 Å². The first-order chi connectivity index (χ1) is 10.4. The van der Waals surface area contributed by atoms with Crippen LogP contribution in [0.2, 0.25) is 0 Å².